The second kappa shape index (κ2) is 11.2. The Balaban J connectivity index is 1.48. The van der Waals surface area contributed by atoms with Gasteiger partial charge >= 0.3 is 5.51 Å². The molecule has 0 aromatic heterocycles. The smallest absolute Gasteiger partial charge is 0.311 e. The van der Waals surface area contributed by atoms with E-state index < -0.39 is 5.51 Å². The Kier molecular flexibility index (Phi) is 6.91. The Hall–Kier alpha value is -5.14. The first-order chi connectivity index (χ1) is 24.1. The number of rotatable bonds is 3. The first-order valence-electron chi connectivity index (χ1n) is 16.8. The van der Waals surface area contributed by atoms with Crippen LogP contribution in [0.1, 0.15) is 22.3 Å². The Labute approximate surface area is 294 Å². The van der Waals surface area contributed by atoms with Crippen LogP contribution in [-0.2, 0) is 0 Å². The minimum Gasteiger partial charge on any atom is -0.311 e. The normalized spacial score (nSPS) is 13.5. The number of para-hydroxylation sites is 2. The van der Waals surface area contributed by atoms with Crippen LogP contribution in [0.15, 0.2) is 126 Å². The third-order valence-electron chi connectivity index (χ3n) is 10.3. The van der Waals surface area contributed by atoms with Crippen LogP contribution in [-0.4, -0.2) is 12.2 Å². The van der Waals surface area contributed by atoms with Gasteiger partial charge in [-0.05, 0) is 124 Å². The van der Waals surface area contributed by atoms with Crippen molar-refractivity contribution in [1.82, 2.24) is 0 Å². The Bertz CT molecular complexity index is 2340. The molecule has 0 fully saturated rings. The summed E-state index contributed by atoms with van der Waals surface area (Å²) in [6.07, 6.45) is 0. The fraction of sp³-hybridized carbons (Fsp3) is 0.116. The number of anilines is 6. The molecule has 7 aromatic rings. The predicted octanol–water partition coefficient (Wildman–Crippen LogP) is 10.9. The van der Waals surface area contributed by atoms with Gasteiger partial charge in [0.1, 0.15) is 0 Å². The van der Waals surface area contributed by atoms with Crippen molar-refractivity contribution in [2.45, 2.75) is 38.1 Å². The highest BCUT2D eigenvalue weighted by atomic mass is 32.2. The molecule has 0 atom stereocenters. The van der Waals surface area contributed by atoms with Gasteiger partial charge < -0.3 is 9.80 Å². The van der Waals surface area contributed by atoms with Gasteiger partial charge in [0.05, 0.1) is 11.4 Å². The highest BCUT2D eigenvalue weighted by molar-refractivity contribution is 8.00. The third-order valence-corrected chi connectivity index (χ3v) is 11.0. The van der Waals surface area contributed by atoms with Gasteiger partial charge in [-0.15, -0.1) is 0 Å². The fourth-order valence-corrected chi connectivity index (χ4v) is 8.94. The van der Waals surface area contributed by atoms with Crippen LogP contribution in [0.3, 0.4) is 0 Å². The van der Waals surface area contributed by atoms with Gasteiger partial charge in [-0.3, -0.25) is 0 Å². The number of alkyl halides is 3. The number of hydrogen-bond donors (Lipinski definition) is 0. The average Bonchev–Trinajstić information content (AvgIpc) is 3.07. The Morgan fingerprint density at radius 2 is 0.860 bits per heavy atom. The van der Waals surface area contributed by atoms with Crippen LogP contribution in [0.4, 0.5) is 47.3 Å². The van der Waals surface area contributed by atoms with E-state index in [1.165, 1.54) is 0 Å². The SMILES string of the molecule is Cc1cccc(C)c1N1c2cc3ccccc3cc2B2c3cc4ccccc4cc3N(c3c(C)cccc3C)c3cc(SC(F)(F)F)cc1c32. The zero-order chi connectivity index (χ0) is 34.5. The van der Waals surface area contributed by atoms with Gasteiger partial charge in [0.2, 0.25) is 0 Å². The average molecular weight is 677 g/mol. The molecular formula is C43H32BF3N2S. The van der Waals surface area contributed by atoms with Gasteiger partial charge in [-0.2, -0.15) is 13.2 Å². The van der Waals surface area contributed by atoms with E-state index in [-0.39, 0.29) is 23.4 Å². The molecule has 0 spiro atoms. The van der Waals surface area contributed by atoms with E-state index in [0.29, 0.717) is 0 Å². The zero-order valence-electron chi connectivity index (χ0n) is 28.1. The summed E-state index contributed by atoms with van der Waals surface area (Å²) < 4.78 is 43.1. The van der Waals surface area contributed by atoms with Gasteiger partial charge in [0.15, 0.2) is 0 Å². The van der Waals surface area contributed by atoms with Crippen molar-refractivity contribution < 1.29 is 13.2 Å². The van der Waals surface area contributed by atoms with Crippen LogP contribution in [0.2, 0.25) is 0 Å². The summed E-state index contributed by atoms with van der Waals surface area (Å²) in [5.74, 6) is 0. The number of halogens is 3. The summed E-state index contributed by atoms with van der Waals surface area (Å²) in [4.78, 5) is 4.62. The topological polar surface area (TPSA) is 6.48 Å². The summed E-state index contributed by atoms with van der Waals surface area (Å²) >= 11 is -0.0459. The number of nitrogens with zero attached hydrogens (tertiary/aromatic N) is 2. The van der Waals surface area contributed by atoms with Crippen LogP contribution < -0.4 is 26.2 Å². The van der Waals surface area contributed by atoms with Gasteiger partial charge in [0, 0.05) is 27.6 Å². The number of thioether (sulfide) groups is 1. The van der Waals surface area contributed by atoms with Crippen LogP contribution in [0.5, 0.6) is 0 Å². The van der Waals surface area contributed by atoms with Crippen LogP contribution >= 0.6 is 11.8 Å². The maximum atomic E-state index is 14.4. The molecule has 0 amide bonds. The van der Waals surface area contributed by atoms with Crippen molar-refractivity contribution >= 4 is 90.5 Å². The highest BCUT2D eigenvalue weighted by Gasteiger charge is 2.45. The van der Waals surface area contributed by atoms with E-state index in [1.54, 1.807) is 12.1 Å². The minimum atomic E-state index is -4.46. The summed E-state index contributed by atoms with van der Waals surface area (Å²) in [5, 5.41) is 4.42. The van der Waals surface area contributed by atoms with Crippen molar-refractivity contribution in [3.8, 4) is 0 Å². The molecular weight excluding hydrogens is 644 g/mol. The van der Waals surface area contributed by atoms with E-state index >= 15 is 0 Å². The first-order valence-corrected chi connectivity index (χ1v) is 17.6. The minimum absolute atomic E-state index is 0.0459. The van der Waals surface area contributed by atoms with Crippen LogP contribution in [0.25, 0.3) is 21.5 Å². The summed E-state index contributed by atoms with van der Waals surface area (Å²) in [7, 11) is 0. The molecule has 50 heavy (non-hydrogen) atoms. The van der Waals surface area contributed by atoms with E-state index in [2.05, 4.69) is 122 Å². The first kappa shape index (κ1) is 30.9. The second-order valence-electron chi connectivity index (χ2n) is 13.5. The quantitative estimate of drug-likeness (QED) is 0.136. The van der Waals surface area contributed by atoms with Crippen molar-refractivity contribution in [3.05, 3.63) is 144 Å². The largest absolute Gasteiger partial charge is 0.446 e. The monoisotopic (exact) mass is 676 g/mol. The summed E-state index contributed by atoms with van der Waals surface area (Å²) in [6, 6.07) is 41.7. The molecule has 2 aliphatic heterocycles. The summed E-state index contributed by atoms with van der Waals surface area (Å²) in [5.41, 5.74) is 8.52. The Morgan fingerprint density at radius 1 is 0.480 bits per heavy atom. The second-order valence-corrected chi connectivity index (χ2v) is 14.7. The molecule has 0 unspecified atom stereocenters. The zero-order valence-corrected chi connectivity index (χ0v) is 28.9. The van der Waals surface area contributed by atoms with Crippen molar-refractivity contribution in [2.24, 2.45) is 0 Å². The standard InChI is InChI=1S/C43H32BF3N2S/c1-25-11-9-12-26(2)41(25)48-36-21-31-17-7-5-15-29(31)19-34(36)44-35-20-30-16-6-8-18-32(30)22-37(35)49(42-27(3)13-10-14-28(42)4)39-24-33(50-43(45,46)47)23-38(48)40(39)44/h5-24H,1-4H3. The van der Waals surface area contributed by atoms with Gasteiger partial charge in [-0.1, -0.05) is 97.1 Å². The molecule has 0 aliphatic carbocycles. The number of aryl methyl sites for hydroxylation is 4. The van der Waals surface area contributed by atoms with E-state index in [0.717, 1.165) is 94.3 Å². The molecule has 7 aromatic carbocycles. The lowest BCUT2D eigenvalue weighted by Crippen LogP contribution is -2.61. The summed E-state index contributed by atoms with van der Waals surface area (Å²) in [6.45, 7) is 8.12. The number of benzene rings is 7. The van der Waals surface area contributed by atoms with E-state index in [9.17, 15) is 13.2 Å². The maximum Gasteiger partial charge on any atom is 0.446 e. The van der Waals surface area contributed by atoms with Crippen molar-refractivity contribution in [1.29, 1.82) is 0 Å². The number of fused-ring (bicyclic) bond motifs is 6. The van der Waals surface area contributed by atoms with Gasteiger partial charge in [0.25, 0.3) is 6.71 Å². The van der Waals surface area contributed by atoms with Crippen LogP contribution in [0, 0.1) is 27.7 Å². The van der Waals surface area contributed by atoms with Gasteiger partial charge in [-0.25, -0.2) is 0 Å². The lowest BCUT2D eigenvalue weighted by Gasteiger charge is -2.45. The molecule has 7 heteroatoms. The number of hydrogen-bond acceptors (Lipinski definition) is 3. The molecule has 0 bridgehead atoms. The lowest BCUT2D eigenvalue weighted by molar-refractivity contribution is -0.0328. The molecule has 2 nitrogen and oxygen atoms in total. The van der Waals surface area contributed by atoms with Crippen molar-refractivity contribution in [3.63, 3.8) is 0 Å². The fourth-order valence-electron chi connectivity index (χ4n) is 8.33. The predicted molar refractivity (Wildman–Crippen MR) is 206 cm³/mol. The third kappa shape index (κ3) is 4.74. The highest BCUT2D eigenvalue weighted by Crippen LogP contribution is 2.50. The molecule has 2 heterocycles. The maximum absolute atomic E-state index is 14.4. The van der Waals surface area contributed by atoms with E-state index in [4.69, 9.17) is 0 Å². The molecule has 2 aliphatic rings. The van der Waals surface area contributed by atoms with Crippen molar-refractivity contribution in [2.75, 3.05) is 9.80 Å². The molecule has 0 radical (unpaired) electrons. The molecule has 244 valence electrons. The lowest BCUT2D eigenvalue weighted by atomic mass is 9.33. The molecule has 0 N–H and O–H groups in total. The molecule has 9 rings (SSSR count). The molecule has 0 saturated heterocycles. The Morgan fingerprint density at radius 3 is 1.24 bits per heavy atom. The van der Waals surface area contributed by atoms with E-state index in [1.807, 2.05) is 24.3 Å². The molecule has 0 saturated carbocycles.